The number of piperazine rings is 1. The molecule has 12 nitrogen and oxygen atoms in total. The Balaban J connectivity index is 1.39. The van der Waals surface area contributed by atoms with E-state index in [4.69, 9.17) is 9.47 Å². The molecule has 0 spiro atoms. The number of sulfonamides is 1. The summed E-state index contributed by atoms with van der Waals surface area (Å²) < 4.78 is 62.1. The Hall–Kier alpha value is -4.24. The summed E-state index contributed by atoms with van der Waals surface area (Å²) in [6, 6.07) is 19.9. The van der Waals surface area contributed by atoms with Gasteiger partial charge in [-0.1, -0.05) is 55.5 Å². The Bertz CT molecular complexity index is 1930. The highest BCUT2D eigenvalue weighted by atomic mass is 32.3. The minimum Gasteiger partial charge on any atom is -0.493 e. The van der Waals surface area contributed by atoms with Crippen molar-refractivity contribution < 1.29 is 35.9 Å². The zero-order valence-electron chi connectivity index (χ0n) is 28.6. The first kappa shape index (κ1) is 37.0. The summed E-state index contributed by atoms with van der Waals surface area (Å²) >= 11 is 0. The third-order valence-electron chi connectivity index (χ3n) is 9.19. The molecule has 2 amide bonds. The lowest BCUT2D eigenvalue weighted by atomic mass is 9.99. The minimum absolute atomic E-state index is 0.0568. The van der Waals surface area contributed by atoms with Gasteiger partial charge in [-0.25, -0.2) is 21.6 Å². The Labute approximate surface area is 294 Å². The number of anilines is 1. The average molecular weight is 725 g/mol. The van der Waals surface area contributed by atoms with Crippen LogP contribution in [0, 0.1) is 0 Å². The molecule has 2 aliphatic heterocycles. The quantitative estimate of drug-likeness (QED) is 0.130. The molecule has 2 aliphatic rings. The largest absolute Gasteiger partial charge is 0.493 e. The fraction of sp³-hybridized carbons (Fsp3) is 0.389. The van der Waals surface area contributed by atoms with Crippen LogP contribution in [-0.4, -0.2) is 96.2 Å². The fourth-order valence-electron chi connectivity index (χ4n) is 6.61. The number of hydrogen-bond acceptors (Lipinski definition) is 10. The van der Waals surface area contributed by atoms with Gasteiger partial charge in [-0.3, -0.25) is 19.4 Å². The van der Waals surface area contributed by atoms with E-state index in [0.29, 0.717) is 47.0 Å². The molecular formula is C36H44N4O8S2. The third kappa shape index (κ3) is 8.04. The molecule has 0 aromatic heterocycles. The summed E-state index contributed by atoms with van der Waals surface area (Å²) in [5, 5.41) is -1.01. The molecule has 0 saturated carbocycles. The second-order valence-corrected chi connectivity index (χ2v) is 16.8. The summed E-state index contributed by atoms with van der Waals surface area (Å²) in [5.41, 5.74) is 3.09. The van der Waals surface area contributed by atoms with Crippen LogP contribution in [0.4, 0.5) is 5.69 Å². The maximum atomic E-state index is 14.4. The van der Waals surface area contributed by atoms with E-state index in [9.17, 15) is 26.4 Å². The number of nitrogens with one attached hydrogen (secondary N) is 1. The van der Waals surface area contributed by atoms with Gasteiger partial charge in [0.05, 0.1) is 43.1 Å². The van der Waals surface area contributed by atoms with Crippen LogP contribution in [0.1, 0.15) is 63.7 Å². The minimum atomic E-state index is -4.10. The van der Waals surface area contributed by atoms with E-state index in [1.165, 1.54) is 26.0 Å². The van der Waals surface area contributed by atoms with Crippen molar-refractivity contribution in [3.8, 4) is 11.5 Å². The summed E-state index contributed by atoms with van der Waals surface area (Å²) in [6.45, 7) is 8.10. The maximum absolute atomic E-state index is 14.4. The van der Waals surface area contributed by atoms with E-state index in [-0.39, 0.29) is 31.2 Å². The lowest BCUT2D eigenvalue weighted by Gasteiger charge is -2.40. The molecule has 14 heteroatoms. The molecule has 5 rings (SSSR count). The number of benzene rings is 3. The zero-order chi connectivity index (χ0) is 36.1. The van der Waals surface area contributed by atoms with E-state index in [0.717, 1.165) is 18.7 Å². The zero-order valence-corrected chi connectivity index (χ0v) is 30.2. The molecule has 2 heterocycles. The van der Waals surface area contributed by atoms with Crippen LogP contribution in [0.25, 0.3) is 0 Å². The number of ether oxygens (including phenoxy) is 2. The van der Waals surface area contributed by atoms with Gasteiger partial charge in [-0.15, -0.1) is 6.58 Å². The molecule has 268 valence electrons. The highest BCUT2D eigenvalue weighted by Crippen LogP contribution is 2.40. The number of hydrogen-bond donors (Lipinski definition) is 1. The number of fused-ring (bicyclic) bond motifs is 1. The molecule has 0 aliphatic carbocycles. The number of methoxy groups -OCH3 is 2. The van der Waals surface area contributed by atoms with Crippen LogP contribution < -0.4 is 19.1 Å². The van der Waals surface area contributed by atoms with E-state index in [1.807, 2.05) is 30.3 Å². The molecule has 50 heavy (non-hydrogen) atoms. The average Bonchev–Trinajstić information content (AvgIpc) is 3.37. The highest BCUT2D eigenvalue weighted by Gasteiger charge is 2.43. The molecule has 1 saturated heterocycles. The van der Waals surface area contributed by atoms with Crippen molar-refractivity contribution >= 4 is 37.4 Å². The van der Waals surface area contributed by atoms with Gasteiger partial charge in [-0.05, 0) is 48.2 Å². The van der Waals surface area contributed by atoms with Gasteiger partial charge in [0.25, 0.3) is 11.8 Å². The Morgan fingerprint density at radius 3 is 2.20 bits per heavy atom. The molecule has 1 fully saturated rings. The maximum Gasteiger partial charge on any atom is 0.264 e. The van der Waals surface area contributed by atoms with Crippen molar-refractivity contribution in [2.24, 2.45) is 0 Å². The number of carbonyl (C=O) groups is 2. The van der Waals surface area contributed by atoms with Crippen LogP contribution in [-0.2, 0) is 19.9 Å². The van der Waals surface area contributed by atoms with E-state index in [2.05, 4.69) is 33.2 Å². The smallest absolute Gasteiger partial charge is 0.264 e. The van der Waals surface area contributed by atoms with Crippen molar-refractivity contribution in [1.29, 1.82) is 0 Å². The van der Waals surface area contributed by atoms with Gasteiger partial charge in [-0.2, -0.15) is 0 Å². The lowest BCUT2D eigenvalue weighted by Crippen LogP contribution is -2.47. The van der Waals surface area contributed by atoms with E-state index in [1.54, 1.807) is 30.3 Å². The summed E-state index contributed by atoms with van der Waals surface area (Å²) in [5.74, 6) is -0.310. The van der Waals surface area contributed by atoms with Gasteiger partial charge in [0, 0.05) is 38.5 Å². The van der Waals surface area contributed by atoms with E-state index >= 15 is 0 Å². The Morgan fingerprint density at radius 2 is 1.56 bits per heavy atom. The number of rotatable bonds is 16. The predicted molar refractivity (Wildman–Crippen MR) is 193 cm³/mol. The van der Waals surface area contributed by atoms with Crippen molar-refractivity contribution in [3.05, 3.63) is 102 Å². The van der Waals surface area contributed by atoms with Gasteiger partial charge in [0.1, 0.15) is 0 Å². The Kier molecular flexibility index (Phi) is 11.7. The summed E-state index contributed by atoms with van der Waals surface area (Å²) in [7, 11) is -4.87. The van der Waals surface area contributed by atoms with Crippen molar-refractivity contribution in [1.82, 2.24) is 14.5 Å². The van der Waals surface area contributed by atoms with E-state index < -0.39 is 42.8 Å². The van der Waals surface area contributed by atoms with Crippen molar-refractivity contribution in [2.75, 3.05) is 62.7 Å². The molecule has 1 N–H and O–H groups in total. The Morgan fingerprint density at radius 1 is 0.860 bits per heavy atom. The monoisotopic (exact) mass is 724 g/mol. The third-order valence-corrected chi connectivity index (χ3v) is 13.4. The topological polar surface area (TPSA) is 143 Å². The molecule has 3 aromatic carbocycles. The van der Waals surface area contributed by atoms with Crippen LogP contribution >= 0.6 is 0 Å². The number of amides is 2. The van der Waals surface area contributed by atoms with Gasteiger partial charge in [0.15, 0.2) is 26.4 Å². The number of nitrogens with zero attached hydrogens (tertiary/aromatic N) is 3. The predicted octanol–water partition coefficient (Wildman–Crippen LogP) is 4.18. The number of carbonyl (C=O) groups excluding carboxylic acids is 2. The van der Waals surface area contributed by atoms with Gasteiger partial charge in [0.2, 0.25) is 10.0 Å². The van der Waals surface area contributed by atoms with Crippen LogP contribution in [0.5, 0.6) is 11.5 Å². The summed E-state index contributed by atoms with van der Waals surface area (Å²) in [4.78, 5) is 34.2. The standard InChI is InChI=1S/C36H44N4O8S2/c1-5-29(26-12-8-7-9-13-26)38-20-22-39(23-21-38)31-15-10-14-28-34(31)36(42)40(35(28)41)30(27-17-18-32(47-3)33(24-27)48-4)16-11-19-37-50(45,46)25-49(43,44)6-2/h5,7-10,12-15,17-18,24,29-30,37H,1,6,11,16,19-23,25H2,2-4H3/t29-,30?/m1/s1. The first-order chi connectivity index (χ1) is 23.9. The normalized spacial score (nSPS) is 16.6. The highest BCUT2D eigenvalue weighted by molar-refractivity contribution is 8.07. The number of imide groups is 1. The molecule has 0 bridgehead atoms. The SMILES string of the molecule is C=C[C@H](c1ccccc1)N1CCN(c2cccc3c2C(=O)N(C(CCCNS(=O)(=O)CS(=O)(=O)CC)c2ccc(OC)c(OC)c2)C3=O)CC1. The molecular weight excluding hydrogens is 681 g/mol. The summed E-state index contributed by atoms with van der Waals surface area (Å²) in [6.07, 6.45) is 2.34. The molecule has 2 atom stereocenters. The second-order valence-electron chi connectivity index (χ2n) is 12.2. The van der Waals surface area contributed by atoms with Crippen molar-refractivity contribution in [2.45, 2.75) is 31.8 Å². The lowest BCUT2D eigenvalue weighted by molar-refractivity contribution is 0.0572. The molecule has 1 unspecified atom stereocenters. The molecule has 3 aromatic rings. The van der Waals surface area contributed by atoms with Crippen molar-refractivity contribution in [3.63, 3.8) is 0 Å². The first-order valence-corrected chi connectivity index (χ1v) is 20.0. The van der Waals surface area contributed by atoms with Gasteiger partial charge < -0.3 is 14.4 Å². The van der Waals surface area contributed by atoms with Crippen LogP contribution in [0.3, 0.4) is 0 Å². The second kappa shape index (κ2) is 15.8. The first-order valence-electron chi connectivity index (χ1n) is 16.5. The van der Waals surface area contributed by atoms with Crippen LogP contribution in [0.2, 0.25) is 0 Å². The van der Waals surface area contributed by atoms with Crippen LogP contribution in [0.15, 0.2) is 79.4 Å². The van der Waals surface area contributed by atoms with Gasteiger partial charge >= 0.3 is 0 Å². The molecule has 0 radical (unpaired) electrons. The number of sulfone groups is 1. The fourth-order valence-corrected chi connectivity index (χ4v) is 9.96.